The standard InChI is InChI=1S/C13H11BrCl2N2/c1-8-4-5-17-13(16)12(8)18-7-9-6-10(14)2-3-11(9)15/h2-6,18H,7H2,1H3. The molecule has 0 fully saturated rings. The normalized spacial score (nSPS) is 10.4. The highest BCUT2D eigenvalue weighted by Gasteiger charge is 2.06. The molecule has 94 valence electrons. The van der Waals surface area contributed by atoms with E-state index < -0.39 is 0 Å². The van der Waals surface area contributed by atoms with Crippen LogP contribution < -0.4 is 5.32 Å². The molecule has 0 atom stereocenters. The smallest absolute Gasteiger partial charge is 0.152 e. The average molecular weight is 346 g/mol. The summed E-state index contributed by atoms with van der Waals surface area (Å²) in [4.78, 5) is 4.05. The number of halogens is 3. The zero-order valence-corrected chi connectivity index (χ0v) is 12.8. The number of hydrogen-bond acceptors (Lipinski definition) is 2. The predicted molar refractivity (Wildman–Crippen MR) is 80.5 cm³/mol. The molecular formula is C13H11BrCl2N2. The van der Waals surface area contributed by atoms with E-state index in [0.717, 1.165) is 26.3 Å². The molecular weight excluding hydrogens is 335 g/mol. The molecule has 1 N–H and O–H groups in total. The zero-order valence-electron chi connectivity index (χ0n) is 9.67. The monoisotopic (exact) mass is 344 g/mol. The van der Waals surface area contributed by atoms with Gasteiger partial charge in [0.1, 0.15) is 0 Å². The molecule has 0 saturated heterocycles. The second-order valence-corrected chi connectivity index (χ2v) is 5.56. The van der Waals surface area contributed by atoms with Crippen molar-refractivity contribution >= 4 is 44.8 Å². The minimum atomic E-state index is 0.473. The number of nitrogens with one attached hydrogen (secondary N) is 1. The Morgan fingerprint density at radius 2 is 2.06 bits per heavy atom. The highest BCUT2D eigenvalue weighted by atomic mass is 79.9. The minimum absolute atomic E-state index is 0.473. The van der Waals surface area contributed by atoms with E-state index in [1.54, 1.807) is 6.20 Å². The maximum absolute atomic E-state index is 6.13. The van der Waals surface area contributed by atoms with Crippen LogP contribution >= 0.6 is 39.1 Å². The van der Waals surface area contributed by atoms with Crippen LogP contribution in [0.4, 0.5) is 5.69 Å². The molecule has 0 aliphatic rings. The van der Waals surface area contributed by atoms with Crippen molar-refractivity contribution in [1.29, 1.82) is 0 Å². The Kier molecular flexibility index (Phi) is 4.49. The number of aromatic nitrogens is 1. The summed E-state index contributed by atoms with van der Waals surface area (Å²) >= 11 is 15.6. The fraction of sp³-hybridized carbons (Fsp3) is 0.154. The Bertz CT molecular complexity index is 553. The van der Waals surface area contributed by atoms with E-state index in [2.05, 4.69) is 26.2 Å². The largest absolute Gasteiger partial charge is 0.378 e. The van der Waals surface area contributed by atoms with Crippen LogP contribution in [-0.4, -0.2) is 4.98 Å². The lowest BCUT2D eigenvalue weighted by atomic mass is 10.2. The molecule has 0 spiro atoms. The second kappa shape index (κ2) is 5.91. The molecule has 1 aromatic heterocycles. The van der Waals surface area contributed by atoms with Crippen molar-refractivity contribution in [2.24, 2.45) is 0 Å². The van der Waals surface area contributed by atoms with E-state index in [1.165, 1.54) is 0 Å². The van der Waals surface area contributed by atoms with Crippen molar-refractivity contribution in [2.75, 3.05) is 5.32 Å². The van der Waals surface area contributed by atoms with Crippen LogP contribution in [-0.2, 0) is 6.54 Å². The number of aryl methyl sites for hydroxylation is 1. The fourth-order valence-corrected chi connectivity index (χ4v) is 2.46. The topological polar surface area (TPSA) is 24.9 Å². The Labute approximate surface area is 124 Å². The van der Waals surface area contributed by atoms with Gasteiger partial charge in [0.2, 0.25) is 0 Å². The Hall–Kier alpha value is -0.770. The summed E-state index contributed by atoms with van der Waals surface area (Å²) in [5.74, 6) is 0. The lowest BCUT2D eigenvalue weighted by molar-refractivity contribution is 1.12. The minimum Gasteiger partial charge on any atom is -0.378 e. The highest BCUT2D eigenvalue weighted by molar-refractivity contribution is 9.10. The van der Waals surface area contributed by atoms with Gasteiger partial charge < -0.3 is 5.32 Å². The van der Waals surface area contributed by atoms with Gasteiger partial charge in [0.15, 0.2) is 5.15 Å². The van der Waals surface area contributed by atoms with Gasteiger partial charge in [0.25, 0.3) is 0 Å². The van der Waals surface area contributed by atoms with Crippen LogP contribution in [0.5, 0.6) is 0 Å². The zero-order chi connectivity index (χ0) is 13.1. The maximum atomic E-state index is 6.13. The van der Waals surface area contributed by atoms with Crippen LogP contribution in [0.3, 0.4) is 0 Å². The number of rotatable bonds is 3. The van der Waals surface area contributed by atoms with Crippen molar-refractivity contribution in [3.63, 3.8) is 0 Å². The number of hydrogen-bond donors (Lipinski definition) is 1. The summed E-state index contributed by atoms with van der Waals surface area (Å²) in [5.41, 5.74) is 2.90. The number of anilines is 1. The Morgan fingerprint density at radius 3 is 2.78 bits per heavy atom. The quantitative estimate of drug-likeness (QED) is 0.785. The first kappa shape index (κ1) is 13.7. The van der Waals surface area contributed by atoms with Gasteiger partial charge in [0.05, 0.1) is 5.69 Å². The van der Waals surface area contributed by atoms with Gasteiger partial charge in [-0.25, -0.2) is 4.98 Å². The number of benzene rings is 1. The predicted octanol–water partition coefficient (Wildman–Crippen LogP) is 5.07. The summed E-state index contributed by atoms with van der Waals surface area (Å²) < 4.78 is 0.998. The van der Waals surface area contributed by atoms with Gasteiger partial charge in [0, 0.05) is 22.2 Å². The molecule has 0 bridgehead atoms. The lowest BCUT2D eigenvalue weighted by Gasteiger charge is -2.11. The summed E-state index contributed by atoms with van der Waals surface area (Å²) in [7, 11) is 0. The Balaban J connectivity index is 2.19. The van der Waals surface area contributed by atoms with Gasteiger partial charge in [-0.05, 0) is 42.3 Å². The summed E-state index contributed by atoms with van der Waals surface area (Å²) in [5, 5.41) is 4.46. The fourth-order valence-electron chi connectivity index (χ4n) is 1.60. The third-order valence-electron chi connectivity index (χ3n) is 2.58. The lowest BCUT2D eigenvalue weighted by Crippen LogP contribution is -2.03. The molecule has 2 aromatic rings. The van der Waals surface area contributed by atoms with E-state index in [4.69, 9.17) is 23.2 Å². The van der Waals surface area contributed by atoms with Crippen molar-refractivity contribution in [3.8, 4) is 0 Å². The van der Waals surface area contributed by atoms with Crippen LogP contribution in [0.25, 0.3) is 0 Å². The molecule has 0 amide bonds. The molecule has 0 aliphatic heterocycles. The van der Waals surface area contributed by atoms with Crippen molar-refractivity contribution in [3.05, 3.63) is 56.2 Å². The third kappa shape index (κ3) is 3.16. The first-order valence-corrected chi connectivity index (χ1v) is 6.91. The average Bonchev–Trinajstić information content (AvgIpc) is 2.33. The maximum Gasteiger partial charge on any atom is 0.152 e. The summed E-state index contributed by atoms with van der Waals surface area (Å²) in [6.45, 7) is 2.59. The SMILES string of the molecule is Cc1ccnc(Cl)c1NCc1cc(Br)ccc1Cl. The van der Waals surface area contributed by atoms with Crippen molar-refractivity contribution < 1.29 is 0 Å². The molecule has 2 nitrogen and oxygen atoms in total. The molecule has 0 saturated carbocycles. The van der Waals surface area contributed by atoms with E-state index >= 15 is 0 Å². The van der Waals surface area contributed by atoms with Gasteiger partial charge in [-0.1, -0.05) is 39.1 Å². The van der Waals surface area contributed by atoms with E-state index in [0.29, 0.717) is 11.7 Å². The van der Waals surface area contributed by atoms with Crippen LogP contribution in [0.1, 0.15) is 11.1 Å². The number of nitrogens with zero attached hydrogens (tertiary/aromatic N) is 1. The third-order valence-corrected chi connectivity index (χ3v) is 3.72. The van der Waals surface area contributed by atoms with E-state index in [9.17, 15) is 0 Å². The van der Waals surface area contributed by atoms with Gasteiger partial charge >= 0.3 is 0 Å². The molecule has 5 heteroatoms. The van der Waals surface area contributed by atoms with Crippen LogP contribution in [0.15, 0.2) is 34.9 Å². The van der Waals surface area contributed by atoms with Gasteiger partial charge in [-0.15, -0.1) is 0 Å². The summed E-state index contributed by atoms with van der Waals surface area (Å²) in [6, 6.07) is 7.67. The molecule has 0 unspecified atom stereocenters. The van der Waals surface area contributed by atoms with Crippen molar-refractivity contribution in [1.82, 2.24) is 4.98 Å². The van der Waals surface area contributed by atoms with Crippen LogP contribution in [0, 0.1) is 6.92 Å². The first-order valence-electron chi connectivity index (χ1n) is 5.37. The van der Waals surface area contributed by atoms with Gasteiger partial charge in [-0.3, -0.25) is 0 Å². The van der Waals surface area contributed by atoms with Crippen molar-refractivity contribution in [2.45, 2.75) is 13.5 Å². The second-order valence-electron chi connectivity index (χ2n) is 3.88. The Morgan fingerprint density at radius 1 is 1.28 bits per heavy atom. The molecule has 18 heavy (non-hydrogen) atoms. The molecule has 0 radical (unpaired) electrons. The molecule has 1 aromatic carbocycles. The first-order chi connectivity index (χ1) is 8.58. The number of pyridine rings is 1. The van der Waals surface area contributed by atoms with Crippen LogP contribution in [0.2, 0.25) is 10.2 Å². The molecule has 2 rings (SSSR count). The molecule has 1 heterocycles. The highest BCUT2D eigenvalue weighted by Crippen LogP contribution is 2.26. The summed E-state index contributed by atoms with van der Waals surface area (Å²) in [6.07, 6.45) is 1.69. The molecule has 0 aliphatic carbocycles. The van der Waals surface area contributed by atoms with E-state index in [-0.39, 0.29) is 0 Å². The van der Waals surface area contributed by atoms with E-state index in [1.807, 2.05) is 31.2 Å². The van der Waals surface area contributed by atoms with Gasteiger partial charge in [-0.2, -0.15) is 0 Å².